The summed E-state index contributed by atoms with van der Waals surface area (Å²) < 4.78 is 37.8. The Hall–Kier alpha value is -0.250. The minimum Gasteiger partial charge on any atom is -0.366 e. The van der Waals surface area contributed by atoms with E-state index in [1.54, 1.807) is 0 Å². The van der Waals surface area contributed by atoms with Crippen LogP contribution in [-0.2, 0) is 4.74 Å². The first-order valence-electron chi connectivity index (χ1n) is 1.93. The second-order valence-electron chi connectivity index (χ2n) is 1.26. The maximum absolute atomic E-state index is 11.3. The Balaban J connectivity index is 3.62. The van der Waals surface area contributed by atoms with Crippen LogP contribution in [-0.4, -0.2) is 13.3 Å². The highest BCUT2D eigenvalue weighted by molar-refractivity contribution is 4.79. The van der Waals surface area contributed by atoms with Crippen LogP contribution in [0.4, 0.5) is 13.2 Å². The molecule has 0 bridgehead atoms. The van der Waals surface area contributed by atoms with Gasteiger partial charge >= 0.3 is 6.18 Å². The molecule has 0 saturated carbocycles. The molecule has 0 aromatic carbocycles. The van der Waals surface area contributed by atoms with E-state index in [-0.39, 0.29) is 0 Å². The third-order valence-corrected chi connectivity index (χ3v) is 0.705. The molecular weight excluding hydrogens is 121 g/mol. The highest BCUT2D eigenvalue weighted by Crippen LogP contribution is 2.27. The van der Waals surface area contributed by atoms with E-state index in [0.29, 0.717) is 0 Å². The molecule has 0 amide bonds. The zero-order valence-corrected chi connectivity index (χ0v) is 4.54. The molecule has 0 spiro atoms. The van der Waals surface area contributed by atoms with E-state index in [1.807, 2.05) is 0 Å². The molecule has 0 unspecified atom stereocenters. The number of halogens is 3. The van der Waals surface area contributed by atoms with Crippen LogP contribution in [0.1, 0.15) is 6.92 Å². The molecule has 0 fully saturated rings. The summed E-state index contributed by atoms with van der Waals surface area (Å²) >= 11 is 0. The number of rotatable bonds is 1. The van der Waals surface area contributed by atoms with E-state index in [4.69, 9.17) is 0 Å². The molecule has 0 aliphatic carbocycles. The average Bonchev–Trinajstić information content (AvgIpc) is 1.62. The Bertz CT molecular complexity index is 68.2. The third-order valence-electron chi connectivity index (χ3n) is 0.705. The molecule has 1 nitrogen and oxygen atoms in total. The van der Waals surface area contributed by atoms with Gasteiger partial charge in [-0.15, -0.1) is 0 Å². The summed E-state index contributed by atoms with van der Waals surface area (Å²) in [5.74, 6) is 0. The van der Waals surface area contributed by atoms with Crippen molar-refractivity contribution < 1.29 is 17.9 Å². The molecule has 49 valence electrons. The molecule has 0 aliphatic rings. The molecule has 0 aromatic rings. The third kappa shape index (κ3) is 2.16. The van der Waals surface area contributed by atoms with Gasteiger partial charge in [-0.3, -0.25) is 0 Å². The lowest BCUT2D eigenvalue weighted by atomic mass is 10.4. The van der Waals surface area contributed by atoms with Crippen molar-refractivity contribution in [1.82, 2.24) is 0 Å². The predicted molar refractivity (Wildman–Crippen MR) is 22.0 cm³/mol. The van der Waals surface area contributed by atoms with Crippen molar-refractivity contribution in [2.45, 2.75) is 13.1 Å². The number of hydrogen-bond donors (Lipinski definition) is 0. The van der Waals surface area contributed by atoms with E-state index in [2.05, 4.69) is 4.74 Å². The van der Waals surface area contributed by atoms with E-state index in [9.17, 15) is 13.2 Å². The lowest BCUT2D eigenvalue weighted by Gasteiger charge is -2.10. The lowest BCUT2D eigenvalue weighted by Crippen LogP contribution is -2.18. The van der Waals surface area contributed by atoms with Crippen LogP contribution in [0.25, 0.3) is 0 Å². The Morgan fingerprint density at radius 3 is 1.75 bits per heavy atom. The van der Waals surface area contributed by atoms with Crippen LogP contribution < -0.4 is 0 Å². The van der Waals surface area contributed by atoms with Gasteiger partial charge in [-0.2, -0.15) is 13.2 Å². The van der Waals surface area contributed by atoms with E-state index in [0.717, 1.165) is 14.0 Å². The van der Waals surface area contributed by atoms with Gasteiger partial charge in [0.25, 0.3) is 0 Å². The quantitative estimate of drug-likeness (QED) is 0.521. The molecule has 0 aromatic heterocycles. The molecule has 0 saturated heterocycles. The molecule has 0 rings (SSSR count). The zero-order valence-electron chi connectivity index (χ0n) is 4.54. The largest absolute Gasteiger partial charge is 0.420 e. The molecule has 4 heteroatoms. The summed E-state index contributed by atoms with van der Waals surface area (Å²) in [7, 11) is 0.989. The van der Waals surface area contributed by atoms with Gasteiger partial charge in [0, 0.05) is 7.11 Å². The van der Waals surface area contributed by atoms with Crippen molar-refractivity contribution in [3.8, 4) is 0 Å². The Morgan fingerprint density at radius 2 is 1.75 bits per heavy atom. The van der Waals surface area contributed by atoms with Crippen molar-refractivity contribution in [3.63, 3.8) is 0 Å². The minimum absolute atomic E-state index is 0.875. The summed E-state index contributed by atoms with van der Waals surface area (Å²) in [5.41, 5.74) is 0. The highest BCUT2D eigenvalue weighted by Gasteiger charge is 2.37. The fourth-order valence-electron chi connectivity index (χ4n) is 0.116. The molecule has 0 heterocycles. The van der Waals surface area contributed by atoms with Gasteiger partial charge in [-0.1, -0.05) is 0 Å². The maximum atomic E-state index is 11.3. The standard InChI is InChI=1S/C4H6F3O/c1-3(8-2)4(5,6)7/h1-2H3. The fourth-order valence-corrected chi connectivity index (χ4v) is 0.116. The van der Waals surface area contributed by atoms with Crippen LogP contribution in [0.15, 0.2) is 0 Å². The van der Waals surface area contributed by atoms with Crippen molar-refractivity contribution in [3.05, 3.63) is 6.10 Å². The van der Waals surface area contributed by atoms with E-state index in [1.165, 1.54) is 0 Å². The second kappa shape index (κ2) is 2.35. The summed E-state index contributed by atoms with van der Waals surface area (Å²) in [6.45, 7) is 0.875. The van der Waals surface area contributed by atoms with E-state index < -0.39 is 12.3 Å². The van der Waals surface area contributed by atoms with Gasteiger partial charge in [0.1, 0.15) is 0 Å². The molecule has 0 atom stereocenters. The fraction of sp³-hybridized carbons (Fsp3) is 0.750. The smallest absolute Gasteiger partial charge is 0.366 e. The van der Waals surface area contributed by atoms with Gasteiger partial charge in [-0.05, 0) is 6.92 Å². The Kier molecular flexibility index (Phi) is 2.27. The molecule has 8 heavy (non-hydrogen) atoms. The average molecular weight is 127 g/mol. The van der Waals surface area contributed by atoms with Gasteiger partial charge in [0.2, 0.25) is 0 Å². The second-order valence-corrected chi connectivity index (χ2v) is 1.26. The van der Waals surface area contributed by atoms with Crippen LogP contribution in [0, 0.1) is 6.10 Å². The van der Waals surface area contributed by atoms with Crippen molar-refractivity contribution >= 4 is 0 Å². The number of alkyl halides is 3. The topological polar surface area (TPSA) is 9.23 Å². The molecule has 0 N–H and O–H groups in total. The number of methoxy groups -OCH3 is 1. The number of ether oxygens (including phenoxy) is 1. The summed E-state index contributed by atoms with van der Waals surface area (Å²) in [6, 6.07) is 0. The lowest BCUT2D eigenvalue weighted by molar-refractivity contribution is -0.158. The monoisotopic (exact) mass is 127 g/mol. The van der Waals surface area contributed by atoms with Crippen LogP contribution in [0.2, 0.25) is 0 Å². The van der Waals surface area contributed by atoms with Crippen LogP contribution in [0.5, 0.6) is 0 Å². The molecule has 0 aliphatic heterocycles. The normalized spacial score (nSPS) is 12.8. The van der Waals surface area contributed by atoms with Crippen LogP contribution in [0.3, 0.4) is 0 Å². The van der Waals surface area contributed by atoms with Gasteiger partial charge < -0.3 is 4.74 Å². The first-order valence-corrected chi connectivity index (χ1v) is 1.93. The summed E-state index contributed by atoms with van der Waals surface area (Å²) in [6.07, 6.45) is -5.22. The van der Waals surface area contributed by atoms with Gasteiger partial charge in [-0.25, -0.2) is 0 Å². The SMILES string of the molecule is CO[C](C)C(F)(F)F. The number of hydrogen-bond acceptors (Lipinski definition) is 1. The molecular formula is C4H6F3O. The summed E-state index contributed by atoms with van der Waals surface area (Å²) in [4.78, 5) is 0. The minimum atomic E-state index is -4.30. The highest BCUT2D eigenvalue weighted by atomic mass is 19.4. The van der Waals surface area contributed by atoms with Crippen molar-refractivity contribution in [2.24, 2.45) is 0 Å². The molecule has 1 radical (unpaired) electrons. The first kappa shape index (κ1) is 7.75. The van der Waals surface area contributed by atoms with Gasteiger partial charge in [0.15, 0.2) is 6.10 Å². The maximum Gasteiger partial charge on any atom is 0.420 e. The van der Waals surface area contributed by atoms with Crippen LogP contribution >= 0.6 is 0 Å². The van der Waals surface area contributed by atoms with Crippen molar-refractivity contribution in [2.75, 3.05) is 7.11 Å². The zero-order chi connectivity index (χ0) is 6.78. The Morgan fingerprint density at radius 1 is 1.38 bits per heavy atom. The summed E-state index contributed by atoms with van der Waals surface area (Å²) in [5, 5.41) is 0. The predicted octanol–water partition coefficient (Wildman–Crippen LogP) is 1.75. The van der Waals surface area contributed by atoms with E-state index >= 15 is 0 Å². The van der Waals surface area contributed by atoms with Crippen molar-refractivity contribution in [1.29, 1.82) is 0 Å². The first-order chi connectivity index (χ1) is 3.48. The Labute approximate surface area is 45.4 Å². The van der Waals surface area contributed by atoms with Gasteiger partial charge in [0.05, 0.1) is 0 Å².